The number of H-pyrrole nitrogens is 1. The molecular weight excluding hydrogens is 255 g/mol. The van der Waals surface area contributed by atoms with Gasteiger partial charge in [0.15, 0.2) is 11.2 Å². The van der Waals surface area contributed by atoms with Gasteiger partial charge in [-0.25, -0.2) is 9.55 Å². The molecule has 0 bridgehead atoms. The molecule has 2 aromatic rings. The molecule has 0 aromatic carbocycles. The van der Waals surface area contributed by atoms with E-state index < -0.39 is 13.4 Å². The number of aromatic nitrogens is 4. The minimum absolute atomic E-state index is 0.0559. The third kappa shape index (κ3) is 3.53. The van der Waals surface area contributed by atoms with Crippen molar-refractivity contribution in [3.8, 4) is 0 Å². The van der Waals surface area contributed by atoms with Gasteiger partial charge in [0.2, 0.25) is 5.95 Å². The van der Waals surface area contributed by atoms with E-state index in [-0.39, 0.29) is 17.1 Å². The number of nitrogens with one attached hydrogen (secondary N) is 1. The largest absolute Gasteiger partial charge is 0.466 e. The number of hydrogen-bond acceptors (Lipinski definition) is 6. The molecule has 11 nitrogen and oxygen atoms in total. The van der Waals surface area contributed by atoms with Crippen LogP contribution in [0.3, 0.4) is 0 Å². The fourth-order valence-electron chi connectivity index (χ4n) is 0.916. The Labute approximate surface area is 92.9 Å². The van der Waals surface area contributed by atoms with Crippen molar-refractivity contribution >= 4 is 24.9 Å². The first kappa shape index (κ1) is 13.1. The summed E-state index contributed by atoms with van der Waals surface area (Å²) in [6.07, 6.45) is 1.36. The molecule has 0 atom stereocenters. The van der Waals surface area contributed by atoms with Gasteiger partial charge in [0.1, 0.15) is 0 Å². The highest BCUT2D eigenvalue weighted by molar-refractivity contribution is 7.45. The SMILES string of the molecule is Nc1nc2nc[nH]c2c(=O)n1N.O=P(O)(O)O. The number of anilines is 1. The number of imidazole rings is 1. The second-order valence-corrected chi connectivity index (χ2v) is 3.79. The number of fused-ring (bicyclic) bond motifs is 1. The minimum atomic E-state index is -4.64. The van der Waals surface area contributed by atoms with Gasteiger partial charge in [-0.3, -0.25) is 4.79 Å². The van der Waals surface area contributed by atoms with Crippen LogP contribution in [-0.2, 0) is 4.57 Å². The van der Waals surface area contributed by atoms with E-state index in [0.29, 0.717) is 0 Å². The van der Waals surface area contributed by atoms with Crippen molar-refractivity contribution in [2.24, 2.45) is 0 Å². The number of hydrogen-bond donors (Lipinski definition) is 6. The number of nitrogens with two attached hydrogens (primary N) is 2. The Morgan fingerprint density at radius 2 is 1.94 bits per heavy atom. The lowest BCUT2D eigenvalue weighted by molar-refractivity contribution is 0.275. The van der Waals surface area contributed by atoms with Crippen LogP contribution in [0.1, 0.15) is 0 Å². The summed E-state index contributed by atoms with van der Waals surface area (Å²) in [5.74, 6) is 5.22. The zero-order valence-electron chi connectivity index (χ0n) is 8.18. The van der Waals surface area contributed by atoms with Crippen LogP contribution in [0.2, 0.25) is 0 Å². The molecule has 0 aliphatic rings. The van der Waals surface area contributed by atoms with Crippen molar-refractivity contribution in [2.45, 2.75) is 0 Å². The predicted molar refractivity (Wildman–Crippen MR) is 57.0 cm³/mol. The molecule has 94 valence electrons. The van der Waals surface area contributed by atoms with E-state index in [4.69, 9.17) is 30.8 Å². The monoisotopic (exact) mass is 264 g/mol. The number of phosphoric acid groups is 1. The van der Waals surface area contributed by atoms with E-state index >= 15 is 0 Å². The Kier molecular flexibility index (Phi) is 3.48. The van der Waals surface area contributed by atoms with Gasteiger partial charge in [-0.05, 0) is 0 Å². The maximum absolute atomic E-state index is 11.3. The molecule has 0 saturated heterocycles. The third-order valence-electron chi connectivity index (χ3n) is 1.52. The van der Waals surface area contributed by atoms with Crippen molar-refractivity contribution in [1.82, 2.24) is 19.6 Å². The Bertz CT molecular complexity index is 619. The van der Waals surface area contributed by atoms with Gasteiger partial charge in [-0.1, -0.05) is 0 Å². The maximum Gasteiger partial charge on any atom is 0.466 e. The van der Waals surface area contributed by atoms with Crippen molar-refractivity contribution in [3.05, 3.63) is 16.7 Å². The highest BCUT2D eigenvalue weighted by Crippen LogP contribution is 2.25. The predicted octanol–water partition coefficient (Wildman–Crippen LogP) is -2.51. The first-order chi connectivity index (χ1) is 7.70. The number of nitrogen functional groups attached to an aromatic ring is 2. The van der Waals surface area contributed by atoms with E-state index in [1.165, 1.54) is 6.33 Å². The Hall–Kier alpha value is -1.94. The second kappa shape index (κ2) is 4.51. The molecule has 12 heteroatoms. The molecule has 2 aromatic heterocycles. The molecule has 8 N–H and O–H groups in total. The van der Waals surface area contributed by atoms with Crippen LogP contribution < -0.4 is 17.1 Å². The smallest absolute Gasteiger partial charge is 0.368 e. The van der Waals surface area contributed by atoms with Gasteiger partial charge in [-0.15, -0.1) is 0 Å². The maximum atomic E-state index is 11.3. The normalized spacial score (nSPS) is 11.0. The topological polar surface area (TPSA) is 193 Å². The highest BCUT2D eigenvalue weighted by Gasteiger charge is 2.06. The van der Waals surface area contributed by atoms with Crippen LogP contribution in [0.15, 0.2) is 11.1 Å². The fraction of sp³-hybridized carbons (Fsp3) is 0. The van der Waals surface area contributed by atoms with Crippen LogP contribution in [0, 0.1) is 0 Å². The minimum Gasteiger partial charge on any atom is -0.368 e. The molecule has 0 aliphatic carbocycles. The molecular formula is C5H9N6O5P. The van der Waals surface area contributed by atoms with Crippen LogP contribution in [0.4, 0.5) is 5.95 Å². The van der Waals surface area contributed by atoms with Crippen molar-refractivity contribution in [3.63, 3.8) is 0 Å². The summed E-state index contributed by atoms with van der Waals surface area (Å²) >= 11 is 0. The quantitative estimate of drug-likeness (QED) is 0.220. The summed E-state index contributed by atoms with van der Waals surface area (Å²) in [7, 11) is -4.64. The summed E-state index contributed by atoms with van der Waals surface area (Å²) in [6, 6.07) is 0. The molecule has 2 heterocycles. The number of rotatable bonds is 0. The van der Waals surface area contributed by atoms with Crippen molar-refractivity contribution in [2.75, 3.05) is 11.6 Å². The van der Waals surface area contributed by atoms with Crippen LogP contribution >= 0.6 is 7.82 Å². The molecule has 0 amide bonds. The lowest BCUT2D eigenvalue weighted by Gasteiger charge is -1.99. The zero-order chi connectivity index (χ0) is 13.2. The van der Waals surface area contributed by atoms with E-state index in [1.807, 2.05) is 0 Å². The van der Waals surface area contributed by atoms with Crippen molar-refractivity contribution < 1.29 is 19.2 Å². The lowest BCUT2D eigenvalue weighted by Crippen LogP contribution is -2.30. The van der Waals surface area contributed by atoms with Crippen molar-refractivity contribution in [1.29, 1.82) is 0 Å². The average Bonchev–Trinajstić information content (AvgIpc) is 2.59. The molecule has 2 rings (SSSR count). The van der Waals surface area contributed by atoms with Gasteiger partial charge in [0.05, 0.1) is 6.33 Å². The Balaban J connectivity index is 0.000000249. The van der Waals surface area contributed by atoms with Crippen LogP contribution in [0.5, 0.6) is 0 Å². The fourth-order valence-corrected chi connectivity index (χ4v) is 0.916. The molecule has 0 saturated carbocycles. The van der Waals surface area contributed by atoms with Crippen LogP contribution in [0.25, 0.3) is 11.2 Å². The van der Waals surface area contributed by atoms with Gasteiger partial charge in [-0.2, -0.15) is 9.66 Å². The summed E-state index contributed by atoms with van der Waals surface area (Å²) in [6.45, 7) is 0. The van der Waals surface area contributed by atoms with Gasteiger partial charge >= 0.3 is 7.82 Å². The zero-order valence-corrected chi connectivity index (χ0v) is 9.07. The molecule has 0 fully saturated rings. The molecule has 0 radical (unpaired) electrons. The average molecular weight is 264 g/mol. The summed E-state index contributed by atoms with van der Waals surface area (Å²) in [5, 5.41) is 0. The van der Waals surface area contributed by atoms with Gasteiger partial charge in [0, 0.05) is 0 Å². The standard InChI is InChI=1S/C5H6N6O.H3O4P/c6-5-10-3-2(8-1-9-3)4(12)11(5)7;1-5(2,3)4/h1H,7H2,(H2,6,10)(H,8,9);(H3,1,2,3,4). The number of nitrogens with zero attached hydrogens (tertiary/aromatic N) is 3. The van der Waals surface area contributed by atoms with E-state index in [2.05, 4.69) is 15.0 Å². The van der Waals surface area contributed by atoms with E-state index in [9.17, 15) is 4.79 Å². The Morgan fingerprint density at radius 1 is 1.41 bits per heavy atom. The first-order valence-corrected chi connectivity index (χ1v) is 5.51. The molecule has 0 spiro atoms. The van der Waals surface area contributed by atoms with Gasteiger partial charge < -0.3 is 31.2 Å². The van der Waals surface area contributed by atoms with E-state index in [1.54, 1.807) is 0 Å². The third-order valence-corrected chi connectivity index (χ3v) is 1.52. The second-order valence-electron chi connectivity index (χ2n) is 2.76. The highest BCUT2D eigenvalue weighted by atomic mass is 31.2. The number of aromatic amines is 1. The molecule has 17 heavy (non-hydrogen) atoms. The van der Waals surface area contributed by atoms with E-state index in [0.717, 1.165) is 4.68 Å². The van der Waals surface area contributed by atoms with Gasteiger partial charge in [0.25, 0.3) is 5.56 Å². The Morgan fingerprint density at radius 3 is 2.47 bits per heavy atom. The summed E-state index contributed by atoms with van der Waals surface area (Å²) in [4.78, 5) is 43.0. The summed E-state index contributed by atoms with van der Waals surface area (Å²) < 4.78 is 9.65. The molecule has 0 aliphatic heterocycles. The molecule has 0 unspecified atom stereocenters. The summed E-state index contributed by atoms with van der Waals surface area (Å²) in [5.41, 5.74) is 5.42. The lowest BCUT2D eigenvalue weighted by atomic mass is 10.5. The van der Waals surface area contributed by atoms with Crippen LogP contribution in [-0.4, -0.2) is 34.3 Å². The first-order valence-electron chi connectivity index (χ1n) is 3.95.